The molecule has 3 nitrogen and oxygen atoms in total. The zero-order valence-electron chi connectivity index (χ0n) is 11.1. The number of thiophene rings is 1. The molecule has 0 radical (unpaired) electrons. The molecule has 2 heterocycles. The summed E-state index contributed by atoms with van der Waals surface area (Å²) in [5.41, 5.74) is 8.33. The summed E-state index contributed by atoms with van der Waals surface area (Å²) in [6.07, 6.45) is 4.46. The Kier molecular flexibility index (Phi) is 3.53. The summed E-state index contributed by atoms with van der Waals surface area (Å²) in [6, 6.07) is 7.09. The van der Waals surface area contributed by atoms with Gasteiger partial charge >= 0.3 is 0 Å². The lowest BCUT2D eigenvalue weighted by Crippen LogP contribution is -2.25. The van der Waals surface area contributed by atoms with Crippen molar-refractivity contribution in [2.24, 2.45) is 5.73 Å². The highest BCUT2D eigenvalue weighted by molar-refractivity contribution is 7.07. The van der Waals surface area contributed by atoms with Crippen molar-refractivity contribution < 1.29 is 0 Å². The summed E-state index contributed by atoms with van der Waals surface area (Å²) in [6.45, 7) is 2.94. The Morgan fingerprint density at radius 2 is 2.26 bits per heavy atom. The van der Waals surface area contributed by atoms with E-state index in [1.165, 1.54) is 18.4 Å². The minimum Gasteiger partial charge on any atom is -0.349 e. The highest BCUT2D eigenvalue weighted by Gasteiger charge is 2.30. The van der Waals surface area contributed by atoms with Gasteiger partial charge in [0.2, 0.25) is 0 Å². The Bertz CT molecular complexity index is 515. The molecule has 2 N–H and O–H groups in total. The molecule has 0 unspecified atom stereocenters. The molecule has 2 aromatic heterocycles. The fourth-order valence-electron chi connectivity index (χ4n) is 2.20. The highest BCUT2D eigenvalue weighted by Crippen LogP contribution is 2.32. The van der Waals surface area contributed by atoms with Crippen molar-refractivity contribution in [3.8, 4) is 0 Å². The van der Waals surface area contributed by atoms with Gasteiger partial charge in [-0.3, -0.25) is 0 Å². The van der Waals surface area contributed by atoms with Crippen molar-refractivity contribution in [3.63, 3.8) is 0 Å². The summed E-state index contributed by atoms with van der Waals surface area (Å²) in [7, 11) is 0. The van der Waals surface area contributed by atoms with E-state index in [1.54, 1.807) is 11.3 Å². The van der Waals surface area contributed by atoms with Crippen molar-refractivity contribution in [2.45, 2.75) is 38.4 Å². The summed E-state index contributed by atoms with van der Waals surface area (Å²) < 4.78 is 0. The fraction of sp³-hybridized carbons (Fsp3) is 0.400. The molecule has 100 valence electrons. The average Bonchev–Trinajstić information content (AvgIpc) is 3.13. The molecular weight excluding hydrogens is 254 g/mol. The van der Waals surface area contributed by atoms with Crippen LogP contribution in [0.1, 0.15) is 36.9 Å². The van der Waals surface area contributed by atoms with E-state index in [9.17, 15) is 0 Å². The molecule has 1 fully saturated rings. The quantitative estimate of drug-likeness (QED) is 0.908. The zero-order valence-corrected chi connectivity index (χ0v) is 11.9. The predicted octanol–water partition coefficient (Wildman–Crippen LogP) is 3.33. The van der Waals surface area contributed by atoms with E-state index in [1.807, 2.05) is 13.1 Å². The van der Waals surface area contributed by atoms with Gasteiger partial charge in [0.05, 0.1) is 0 Å². The first-order chi connectivity index (χ1) is 9.24. The van der Waals surface area contributed by atoms with Crippen LogP contribution in [0, 0.1) is 0 Å². The van der Waals surface area contributed by atoms with Crippen molar-refractivity contribution in [1.29, 1.82) is 0 Å². The number of aromatic nitrogens is 1. The maximum Gasteiger partial charge on any atom is 0.129 e. The van der Waals surface area contributed by atoms with Crippen LogP contribution < -0.4 is 10.6 Å². The molecule has 0 spiro atoms. The Labute approximate surface area is 118 Å². The van der Waals surface area contributed by atoms with E-state index >= 15 is 0 Å². The number of hydrogen-bond acceptors (Lipinski definition) is 4. The van der Waals surface area contributed by atoms with E-state index in [-0.39, 0.29) is 6.04 Å². The molecular formula is C15H19N3S. The van der Waals surface area contributed by atoms with Gasteiger partial charge in [-0.2, -0.15) is 11.3 Å². The summed E-state index contributed by atoms with van der Waals surface area (Å²) in [4.78, 5) is 7.00. The van der Waals surface area contributed by atoms with Gasteiger partial charge in [-0.05, 0) is 53.8 Å². The van der Waals surface area contributed by atoms with Crippen molar-refractivity contribution in [2.75, 3.05) is 4.90 Å². The van der Waals surface area contributed by atoms with E-state index in [2.05, 4.69) is 38.8 Å². The maximum absolute atomic E-state index is 5.87. The summed E-state index contributed by atoms with van der Waals surface area (Å²) >= 11 is 1.75. The van der Waals surface area contributed by atoms with Crippen molar-refractivity contribution in [1.82, 2.24) is 4.98 Å². The van der Waals surface area contributed by atoms with Crippen LogP contribution in [0.3, 0.4) is 0 Å². The second-order valence-electron chi connectivity index (χ2n) is 5.23. The molecule has 1 aliphatic rings. The molecule has 4 heteroatoms. The highest BCUT2D eigenvalue weighted by atomic mass is 32.1. The Hall–Kier alpha value is -1.39. The molecule has 1 aliphatic carbocycles. The lowest BCUT2D eigenvalue weighted by molar-refractivity contribution is 0.770. The van der Waals surface area contributed by atoms with E-state index in [0.29, 0.717) is 6.04 Å². The topological polar surface area (TPSA) is 42.1 Å². The number of rotatable bonds is 5. The van der Waals surface area contributed by atoms with Gasteiger partial charge in [-0.1, -0.05) is 6.07 Å². The number of pyridine rings is 1. The van der Waals surface area contributed by atoms with Crippen LogP contribution in [-0.4, -0.2) is 11.0 Å². The third kappa shape index (κ3) is 2.96. The van der Waals surface area contributed by atoms with Crippen LogP contribution in [0.4, 0.5) is 5.82 Å². The van der Waals surface area contributed by atoms with Crippen LogP contribution in [0.25, 0.3) is 0 Å². The first-order valence-corrected chi connectivity index (χ1v) is 7.67. The van der Waals surface area contributed by atoms with Gasteiger partial charge in [0.15, 0.2) is 0 Å². The predicted molar refractivity (Wildman–Crippen MR) is 80.4 cm³/mol. The minimum absolute atomic E-state index is 0.0489. The summed E-state index contributed by atoms with van der Waals surface area (Å²) in [5, 5.41) is 4.35. The van der Waals surface area contributed by atoms with Crippen LogP contribution >= 0.6 is 11.3 Å². The fourth-order valence-corrected chi connectivity index (χ4v) is 2.86. The lowest BCUT2D eigenvalue weighted by Gasteiger charge is -2.23. The molecule has 19 heavy (non-hydrogen) atoms. The molecule has 3 rings (SSSR count). The Morgan fingerprint density at radius 3 is 2.79 bits per heavy atom. The largest absolute Gasteiger partial charge is 0.349 e. The monoisotopic (exact) mass is 273 g/mol. The molecule has 1 atom stereocenters. The van der Waals surface area contributed by atoms with Gasteiger partial charge < -0.3 is 10.6 Å². The van der Waals surface area contributed by atoms with Gasteiger partial charge in [-0.25, -0.2) is 4.98 Å². The second kappa shape index (κ2) is 5.31. The first kappa shape index (κ1) is 12.6. The van der Waals surface area contributed by atoms with Crippen LogP contribution in [0.15, 0.2) is 35.2 Å². The van der Waals surface area contributed by atoms with Crippen molar-refractivity contribution in [3.05, 3.63) is 46.3 Å². The van der Waals surface area contributed by atoms with Gasteiger partial charge in [0.25, 0.3) is 0 Å². The van der Waals surface area contributed by atoms with Crippen LogP contribution in [-0.2, 0) is 6.54 Å². The second-order valence-corrected chi connectivity index (χ2v) is 6.01. The molecule has 1 saturated carbocycles. The zero-order chi connectivity index (χ0) is 13.2. The number of hydrogen-bond donors (Lipinski definition) is 1. The normalized spacial score (nSPS) is 16.3. The molecule has 0 bridgehead atoms. The first-order valence-electron chi connectivity index (χ1n) is 6.73. The minimum atomic E-state index is 0.0489. The van der Waals surface area contributed by atoms with Crippen LogP contribution in [0.2, 0.25) is 0 Å². The number of nitrogens with two attached hydrogens (primary N) is 1. The number of anilines is 1. The Morgan fingerprint density at radius 1 is 1.42 bits per heavy atom. The molecule has 0 aromatic carbocycles. The Balaban J connectivity index is 1.79. The standard InChI is InChI=1S/C15H19N3S/c1-11(16)13-2-5-15(17-8-13)18(14-3-4-14)9-12-6-7-19-10-12/h2,5-8,10-11,14H,3-4,9,16H2,1H3/t11-/m1/s1. The molecule has 0 amide bonds. The maximum atomic E-state index is 5.87. The van der Waals surface area contributed by atoms with Gasteiger partial charge in [-0.15, -0.1) is 0 Å². The molecule has 2 aromatic rings. The lowest BCUT2D eigenvalue weighted by atomic mass is 10.1. The SMILES string of the molecule is C[C@@H](N)c1ccc(N(Cc2ccsc2)C2CC2)nc1. The van der Waals surface area contributed by atoms with E-state index in [0.717, 1.165) is 17.9 Å². The molecule has 0 aliphatic heterocycles. The average molecular weight is 273 g/mol. The van der Waals surface area contributed by atoms with E-state index < -0.39 is 0 Å². The third-order valence-corrected chi connectivity index (χ3v) is 4.24. The van der Waals surface area contributed by atoms with Gasteiger partial charge in [0, 0.05) is 24.8 Å². The third-order valence-electron chi connectivity index (χ3n) is 3.51. The van der Waals surface area contributed by atoms with Gasteiger partial charge in [0.1, 0.15) is 5.82 Å². The molecule has 0 saturated heterocycles. The van der Waals surface area contributed by atoms with Crippen LogP contribution in [0.5, 0.6) is 0 Å². The van der Waals surface area contributed by atoms with E-state index in [4.69, 9.17) is 5.73 Å². The van der Waals surface area contributed by atoms with Crippen molar-refractivity contribution >= 4 is 17.2 Å². The smallest absolute Gasteiger partial charge is 0.129 e. The number of nitrogens with zero attached hydrogens (tertiary/aromatic N) is 2. The summed E-state index contributed by atoms with van der Waals surface area (Å²) in [5.74, 6) is 1.07.